The van der Waals surface area contributed by atoms with E-state index in [1.54, 1.807) is 0 Å². The summed E-state index contributed by atoms with van der Waals surface area (Å²) in [6.45, 7) is 7.26. The first-order valence-electron chi connectivity index (χ1n) is 9.34. The molecule has 2 aromatic carbocycles. The van der Waals surface area contributed by atoms with Crippen LogP contribution in [0, 0.1) is 0 Å². The Morgan fingerprint density at radius 1 is 1.15 bits per heavy atom. The van der Waals surface area contributed by atoms with Gasteiger partial charge >= 0.3 is 0 Å². The van der Waals surface area contributed by atoms with E-state index < -0.39 is 5.72 Å². The molecule has 27 heavy (non-hydrogen) atoms. The van der Waals surface area contributed by atoms with Crippen LogP contribution in [0.25, 0.3) is 0 Å². The second kappa shape index (κ2) is 6.93. The molecule has 0 unspecified atom stereocenters. The van der Waals surface area contributed by atoms with E-state index in [1.165, 1.54) is 0 Å². The molecule has 142 valence electrons. The second-order valence-electron chi connectivity index (χ2n) is 6.85. The molecule has 0 aromatic heterocycles. The zero-order chi connectivity index (χ0) is 19.0. The van der Waals surface area contributed by atoms with Crippen molar-refractivity contribution in [2.24, 2.45) is 0 Å². The van der Waals surface area contributed by atoms with Crippen molar-refractivity contribution in [2.45, 2.75) is 39.0 Å². The van der Waals surface area contributed by atoms with E-state index in [0.717, 1.165) is 34.9 Å². The molecule has 2 bridgehead atoms. The van der Waals surface area contributed by atoms with Gasteiger partial charge in [0.25, 0.3) is 0 Å². The molecule has 1 saturated heterocycles. The predicted octanol–water partition coefficient (Wildman–Crippen LogP) is 4.42. The number of thiocarbonyl (C=S) groups is 1. The summed E-state index contributed by atoms with van der Waals surface area (Å²) in [6.07, 6.45) is 0.781. The molecule has 2 aromatic rings. The van der Waals surface area contributed by atoms with Crippen LogP contribution in [-0.4, -0.2) is 24.1 Å². The van der Waals surface area contributed by atoms with E-state index in [9.17, 15) is 0 Å². The summed E-state index contributed by atoms with van der Waals surface area (Å²) >= 11 is 5.70. The molecule has 2 aliphatic rings. The molecular weight excluding hydrogens is 360 g/mol. The number of nitrogens with one attached hydrogen (secondary N) is 1. The molecule has 0 aliphatic carbocycles. The van der Waals surface area contributed by atoms with Gasteiger partial charge in [0.2, 0.25) is 0 Å². The predicted molar refractivity (Wildman–Crippen MR) is 110 cm³/mol. The minimum Gasteiger partial charge on any atom is -0.494 e. The van der Waals surface area contributed by atoms with Crippen LogP contribution in [0.15, 0.2) is 42.5 Å². The van der Waals surface area contributed by atoms with E-state index in [4.69, 9.17) is 26.4 Å². The Bertz CT molecular complexity index is 855. The summed E-state index contributed by atoms with van der Waals surface area (Å²) in [5, 5.41) is 4.14. The molecule has 0 amide bonds. The van der Waals surface area contributed by atoms with E-state index in [0.29, 0.717) is 18.3 Å². The van der Waals surface area contributed by atoms with Crippen molar-refractivity contribution < 1.29 is 14.2 Å². The molecule has 2 atom stereocenters. The van der Waals surface area contributed by atoms with Crippen LogP contribution in [0.4, 0.5) is 5.69 Å². The van der Waals surface area contributed by atoms with Gasteiger partial charge < -0.3 is 19.5 Å². The van der Waals surface area contributed by atoms with Crippen LogP contribution in [0.5, 0.6) is 17.2 Å². The third-order valence-electron chi connectivity index (χ3n) is 4.97. The average molecular weight is 385 g/mol. The Hall–Kier alpha value is -2.47. The molecule has 5 nitrogen and oxygen atoms in total. The number of benzene rings is 2. The van der Waals surface area contributed by atoms with Crippen molar-refractivity contribution in [1.29, 1.82) is 0 Å². The number of anilines is 1. The standard InChI is InChI=1S/C21H24N2O3S/c1-4-24-15-11-9-14(10-12-15)23-20(27)22-17-13-21(23,3)26-19-16(17)7-6-8-18(19)25-5-2/h6-12,17H,4-5,13H2,1-3H3,(H,22,27)/t17-,21-/m1/s1. The zero-order valence-corrected chi connectivity index (χ0v) is 16.6. The van der Waals surface area contributed by atoms with Crippen LogP contribution in [0.3, 0.4) is 0 Å². The fourth-order valence-electron chi connectivity index (χ4n) is 3.88. The van der Waals surface area contributed by atoms with Gasteiger partial charge in [-0.1, -0.05) is 12.1 Å². The SMILES string of the molecule is CCOc1ccc(N2C(=S)N[C@@H]3C[C@@]2(C)Oc2c(OCC)cccc23)cc1. The fraction of sp³-hybridized carbons (Fsp3) is 0.381. The molecule has 1 N–H and O–H groups in total. The third kappa shape index (κ3) is 3.08. The summed E-state index contributed by atoms with van der Waals surface area (Å²) in [4.78, 5) is 2.04. The number of nitrogens with zero attached hydrogens (tertiary/aromatic N) is 1. The van der Waals surface area contributed by atoms with Gasteiger partial charge in [-0.3, -0.25) is 4.90 Å². The van der Waals surface area contributed by atoms with E-state index >= 15 is 0 Å². The van der Waals surface area contributed by atoms with Crippen LogP contribution >= 0.6 is 12.2 Å². The molecule has 1 fully saturated rings. The summed E-state index contributed by atoms with van der Waals surface area (Å²) in [5.41, 5.74) is 1.46. The summed E-state index contributed by atoms with van der Waals surface area (Å²) in [7, 11) is 0. The van der Waals surface area contributed by atoms with Crippen molar-refractivity contribution in [1.82, 2.24) is 5.32 Å². The Kier molecular flexibility index (Phi) is 4.60. The lowest BCUT2D eigenvalue weighted by Gasteiger charge is -2.52. The number of rotatable bonds is 5. The largest absolute Gasteiger partial charge is 0.494 e. The highest BCUT2D eigenvalue weighted by molar-refractivity contribution is 7.80. The molecular formula is C21H24N2O3S. The van der Waals surface area contributed by atoms with E-state index in [2.05, 4.69) is 18.3 Å². The van der Waals surface area contributed by atoms with Crippen molar-refractivity contribution >= 4 is 23.0 Å². The first-order chi connectivity index (χ1) is 13.1. The van der Waals surface area contributed by atoms with Gasteiger partial charge in [-0.05, 0) is 63.3 Å². The highest BCUT2D eigenvalue weighted by Crippen LogP contribution is 2.49. The van der Waals surface area contributed by atoms with Gasteiger partial charge in [-0.2, -0.15) is 0 Å². The van der Waals surface area contributed by atoms with E-state index in [1.807, 2.05) is 55.1 Å². The normalized spacial score (nSPS) is 23.1. The second-order valence-corrected chi connectivity index (χ2v) is 7.24. The molecule has 0 saturated carbocycles. The third-order valence-corrected chi connectivity index (χ3v) is 5.27. The van der Waals surface area contributed by atoms with E-state index in [-0.39, 0.29) is 6.04 Å². The fourth-order valence-corrected chi connectivity index (χ4v) is 4.32. The van der Waals surface area contributed by atoms with Crippen molar-refractivity contribution in [3.05, 3.63) is 48.0 Å². The van der Waals surface area contributed by atoms with Crippen molar-refractivity contribution in [2.75, 3.05) is 18.1 Å². The van der Waals surface area contributed by atoms with Crippen LogP contribution in [0.2, 0.25) is 0 Å². The van der Waals surface area contributed by atoms with Gasteiger partial charge in [0.05, 0.1) is 19.3 Å². The Labute approximate surface area is 165 Å². The highest BCUT2D eigenvalue weighted by Gasteiger charge is 2.49. The number of hydrogen-bond donors (Lipinski definition) is 1. The van der Waals surface area contributed by atoms with Gasteiger partial charge in [0.15, 0.2) is 22.3 Å². The molecule has 0 spiro atoms. The van der Waals surface area contributed by atoms with Crippen LogP contribution < -0.4 is 24.4 Å². The Morgan fingerprint density at radius 2 is 1.89 bits per heavy atom. The summed E-state index contributed by atoms with van der Waals surface area (Å²) in [6, 6.07) is 14.1. The molecule has 0 radical (unpaired) electrons. The number of para-hydroxylation sites is 1. The number of ether oxygens (including phenoxy) is 3. The first kappa shape index (κ1) is 17.9. The quantitative estimate of drug-likeness (QED) is 0.770. The maximum Gasteiger partial charge on any atom is 0.188 e. The lowest BCUT2D eigenvalue weighted by molar-refractivity contribution is 0.0457. The van der Waals surface area contributed by atoms with Gasteiger partial charge in [0.1, 0.15) is 5.75 Å². The maximum atomic E-state index is 6.53. The zero-order valence-electron chi connectivity index (χ0n) is 15.8. The number of hydrogen-bond acceptors (Lipinski definition) is 4. The van der Waals surface area contributed by atoms with Crippen molar-refractivity contribution in [3.8, 4) is 17.2 Å². The molecule has 2 heterocycles. The molecule has 4 rings (SSSR count). The van der Waals surface area contributed by atoms with Crippen molar-refractivity contribution in [3.63, 3.8) is 0 Å². The highest BCUT2D eigenvalue weighted by atomic mass is 32.1. The Morgan fingerprint density at radius 3 is 2.59 bits per heavy atom. The lowest BCUT2D eigenvalue weighted by Crippen LogP contribution is -2.65. The Balaban J connectivity index is 1.72. The minimum atomic E-state index is -0.597. The minimum absolute atomic E-state index is 0.102. The van der Waals surface area contributed by atoms with Gasteiger partial charge in [0, 0.05) is 17.7 Å². The lowest BCUT2D eigenvalue weighted by atomic mass is 9.90. The first-order valence-corrected chi connectivity index (χ1v) is 9.75. The maximum absolute atomic E-state index is 6.53. The smallest absolute Gasteiger partial charge is 0.188 e. The summed E-state index contributed by atoms with van der Waals surface area (Å²) < 4.78 is 17.9. The summed E-state index contributed by atoms with van der Waals surface area (Å²) in [5.74, 6) is 2.41. The molecule has 2 aliphatic heterocycles. The molecule has 6 heteroatoms. The monoisotopic (exact) mass is 384 g/mol. The number of fused-ring (bicyclic) bond motifs is 4. The van der Waals surface area contributed by atoms with Gasteiger partial charge in [-0.25, -0.2) is 0 Å². The topological polar surface area (TPSA) is 43.0 Å². The van der Waals surface area contributed by atoms with Crippen LogP contribution in [0.1, 0.15) is 38.8 Å². The van der Waals surface area contributed by atoms with Gasteiger partial charge in [-0.15, -0.1) is 0 Å². The van der Waals surface area contributed by atoms with Crippen LogP contribution in [-0.2, 0) is 0 Å². The average Bonchev–Trinajstić information content (AvgIpc) is 2.64.